The third kappa shape index (κ3) is 3.50. The minimum absolute atomic E-state index is 0.228. The zero-order chi connectivity index (χ0) is 10.8. The Morgan fingerprint density at radius 3 is 2.71 bits per heavy atom. The molecule has 1 aliphatic heterocycles. The van der Waals surface area contributed by atoms with Crippen LogP contribution in [-0.2, 0) is 24.1 Å². The van der Waals surface area contributed by atoms with Gasteiger partial charge < -0.3 is 9.47 Å². The van der Waals surface area contributed by atoms with Crippen molar-refractivity contribution in [2.45, 2.75) is 32.2 Å². The first-order valence-electron chi connectivity index (χ1n) is 4.28. The average Bonchev–Trinajstić information content (AvgIpc) is 2.44. The molecule has 0 saturated carbocycles. The van der Waals surface area contributed by atoms with Crippen molar-refractivity contribution in [1.82, 2.24) is 0 Å². The Morgan fingerprint density at radius 2 is 2.29 bits per heavy atom. The predicted octanol–water partition coefficient (Wildman–Crippen LogP) is 0.347. The standard InChI is InChI=1S/C7H14O6S/c1-3-7(2)11-4-6(13-7)5-12-14(8,9)10/h6H,3-5H2,1-2H3,(H,8,9,10). The number of ether oxygens (including phenoxy) is 2. The maximum atomic E-state index is 10.3. The van der Waals surface area contributed by atoms with Crippen molar-refractivity contribution < 1.29 is 26.6 Å². The molecule has 0 radical (unpaired) electrons. The molecule has 0 aromatic heterocycles. The largest absolute Gasteiger partial charge is 0.397 e. The Morgan fingerprint density at radius 1 is 1.64 bits per heavy atom. The van der Waals surface area contributed by atoms with Crippen LogP contribution < -0.4 is 0 Å². The van der Waals surface area contributed by atoms with Crippen molar-refractivity contribution in [3.05, 3.63) is 0 Å². The van der Waals surface area contributed by atoms with Crippen molar-refractivity contribution in [3.63, 3.8) is 0 Å². The number of hydrogen-bond donors (Lipinski definition) is 1. The summed E-state index contributed by atoms with van der Waals surface area (Å²) in [6.07, 6.45) is 0.205. The highest BCUT2D eigenvalue weighted by Gasteiger charge is 2.36. The lowest BCUT2D eigenvalue weighted by Crippen LogP contribution is -2.27. The van der Waals surface area contributed by atoms with E-state index in [9.17, 15) is 8.42 Å². The van der Waals surface area contributed by atoms with Crippen LogP contribution in [0.5, 0.6) is 0 Å². The maximum absolute atomic E-state index is 10.3. The molecule has 84 valence electrons. The van der Waals surface area contributed by atoms with Gasteiger partial charge in [0.1, 0.15) is 6.10 Å². The van der Waals surface area contributed by atoms with E-state index in [1.165, 1.54) is 0 Å². The van der Waals surface area contributed by atoms with Crippen molar-refractivity contribution in [2.75, 3.05) is 13.2 Å². The van der Waals surface area contributed by atoms with Gasteiger partial charge in [-0.1, -0.05) is 6.92 Å². The van der Waals surface area contributed by atoms with Crippen LogP contribution in [0.1, 0.15) is 20.3 Å². The average molecular weight is 226 g/mol. The van der Waals surface area contributed by atoms with E-state index in [1.807, 2.05) is 6.92 Å². The molecule has 1 saturated heterocycles. The molecule has 0 aliphatic carbocycles. The molecule has 1 aliphatic rings. The molecule has 6 nitrogen and oxygen atoms in total. The Balaban J connectivity index is 2.37. The van der Waals surface area contributed by atoms with Gasteiger partial charge in [0.05, 0.1) is 13.2 Å². The Hall–Kier alpha value is -0.210. The van der Waals surface area contributed by atoms with Gasteiger partial charge in [0.2, 0.25) is 0 Å². The van der Waals surface area contributed by atoms with Crippen LogP contribution >= 0.6 is 0 Å². The van der Waals surface area contributed by atoms with Crippen molar-refractivity contribution in [2.24, 2.45) is 0 Å². The first-order chi connectivity index (χ1) is 6.35. The molecular formula is C7H14O6S. The van der Waals surface area contributed by atoms with Crippen molar-refractivity contribution in [3.8, 4) is 0 Å². The molecule has 0 aromatic rings. The second-order valence-corrected chi connectivity index (χ2v) is 4.34. The van der Waals surface area contributed by atoms with Crippen LogP contribution in [0.25, 0.3) is 0 Å². The summed E-state index contributed by atoms with van der Waals surface area (Å²) < 4.78 is 43.7. The van der Waals surface area contributed by atoms with E-state index in [2.05, 4.69) is 4.18 Å². The SMILES string of the molecule is CCC1(C)OCC(COS(=O)(=O)O)O1. The highest BCUT2D eigenvalue weighted by molar-refractivity contribution is 7.80. The first-order valence-corrected chi connectivity index (χ1v) is 5.65. The summed E-state index contributed by atoms with van der Waals surface area (Å²) in [6.45, 7) is 3.70. The van der Waals surface area contributed by atoms with Gasteiger partial charge in [-0.3, -0.25) is 4.55 Å². The molecule has 14 heavy (non-hydrogen) atoms. The van der Waals surface area contributed by atoms with Crippen LogP contribution in [0.4, 0.5) is 0 Å². The topological polar surface area (TPSA) is 82.1 Å². The Labute approximate surface area is 83.1 Å². The zero-order valence-corrected chi connectivity index (χ0v) is 8.91. The lowest BCUT2D eigenvalue weighted by molar-refractivity contribution is -0.158. The minimum Gasteiger partial charge on any atom is -0.347 e. The molecule has 2 unspecified atom stereocenters. The molecule has 0 amide bonds. The highest BCUT2D eigenvalue weighted by Crippen LogP contribution is 2.26. The second-order valence-electron chi connectivity index (χ2n) is 3.25. The van der Waals surface area contributed by atoms with Crippen LogP contribution in [0, 0.1) is 0 Å². The van der Waals surface area contributed by atoms with Crippen LogP contribution in [0.2, 0.25) is 0 Å². The lowest BCUT2D eigenvalue weighted by Gasteiger charge is -2.20. The quantitative estimate of drug-likeness (QED) is 0.696. The summed E-state index contributed by atoms with van der Waals surface area (Å²) >= 11 is 0. The van der Waals surface area contributed by atoms with Gasteiger partial charge in [-0.15, -0.1) is 0 Å². The Bertz CT molecular complexity index is 287. The lowest BCUT2D eigenvalue weighted by atomic mass is 10.2. The normalized spacial score (nSPS) is 33.5. The first kappa shape index (κ1) is 11.9. The molecular weight excluding hydrogens is 212 g/mol. The van der Waals surface area contributed by atoms with E-state index in [0.717, 1.165) is 0 Å². The van der Waals surface area contributed by atoms with Crippen molar-refractivity contribution in [1.29, 1.82) is 0 Å². The number of rotatable bonds is 4. The van der Waals surface area contributed by atoms with Gasteiger partial charge in [-0.2, -0.15) is 8.42 Å². The molecule has 2 atom stereocenters. The summed E-state index contributed by atoms with van der Waals surface area (Å²) in [4.78, 5) is 0. The van der Waals surface area contributed by atoms with Crippen LogP contribution in [0.15, 0.2) is 0 Å². The zero-order valence-electron chi connectivity index (χ0n) is 8.10. The molecule has 1 heterocycles. The van der Waals surface area contributed by atoms with Gasteiger partial charge in [0.25, 0.3) is 0 Å². The maximum Gasteiger partial charge on any atom is 0.397 e. The van der Waals surface area contributed by atoms with E-state index in [0.29, 0.717) is 6.42 Å². The molecule has 0 bridgehead atoms. The van der Waals surface area contributed by atoms with Gasteiger partial charge in [-0.05, 0) is 13.3 Å². The summed E-state index contributed by atoms with van der Waals surface area (Å²) in [5, 5.41) is 0. The summed E-state index contributed by atoms with van der Waals surface area (Å²) in [5.74, 6) is -0.673. The monoisotopic (exact) mass is 226 g/mol. The van der Waals surface area contributed by atoms with Gasteiger partial charge in [0, 0.05) is 0 Å². The van der Waals surface area contributed by atoms with Gasteiger partial charge in [0.15, 0.2) is 5.79 Å². The van der Waals surface area contributed by atoms with E-state index in [1.54, 1.807) is 6.92 Å². The van der Waals surface area contributed by atoms with E-state index >= 15 is 0 Å². The molecule has 7 heteroatoms. The van der Waals surface area contributed by atoms with E-state index < -0.39 is 22.3 Å². The van der Waals surface area contributed by atoms with Gasteiger partial charge >= 0.3 is 10.4 Å². The minimum atomic E-state index is -4.39. The van der Waals surface area contributed by atoms with E-state index in [4.69, 9.17) is 14.0 Å². The highest BCUT2D eigenvalue weighted by atomic mass is 32.3. The summed E-state index contributed by atoms with van der Waals surface area (Å²) in [6, 6.07) is 0. The molecule has 1 fully saturated rings. The summed E-state index contributed by atoms with van der Waals surface area (Å²) in [7, 11) is -4.39. The fourth-order valence-electron chi connectivity index (χ4n) is 1.12. The third-order valence-corrected chi connectivity index (χ3v) is 2.47. The molecule has 1 N–H and O–H groups in total. The van der Waals surface area contributed by atoms with Crippen LogP contribution in [0.3, 0.4) is 0 Å². The van der Waals surface area contributed by atoms with Crippen molar-refractivity contribution >= 4 is 10.4 Å². The third-order valence-electron chi connectivity index (χ3n) is 2.04. The molecule has 1 rings (SSSR count). The molecule has 0 spiro atoms. The van der Waals surface area contributed by atoms with Crippen LogP contribution in [-0.4, -0.2) is 38.1 Å². The number of hydrogen-bond acceptors (Lipinski definition) is 5. The second kappa shape index (κ2) is 4.11. The Kier molecular flexibility index (Phi) is 3.49. The fourth-order valence-corrected chi connectivity index (χ4v) is 1.44. The summed E-state index contributed by atoms with van der Waals surface area (Å²) in [5.41, 5.74) is 0. The van der Waals surface area contributed by atoms with Gasteiger partial charge in [-0.25, -0.2) is 4.18 Å². The fraction of sp³-hybridized carbons (Fsp3) is 1.00. The van der Waals surface area contributed by atoms with E-state index in [-0.39, 0.29) is 13.2 Å². The molecule has 0 aromatic carbocycles. The predicted molar refractivity (Wildman–Crippen MR) is 47.0 cm³/mol. The smallest absolute Gasteiger partial charge is 0.347 e.